The van der Waals surface area contributed by atoms with Crippen LogP contribution in [0.15, 0.2) is 24.3 Å². The van der Waals surface area contributed by atoms with Crippen molar-refractivity contribution in [1.29, 1.82) is 0 Å². The first-order valence-corrected chi connectivity index (χ1v) is 6.78. The van der Waals surface area contributed by atoms with Gasteiger partial charge >= 0.3 is 12.1 Å². The summed E-state index contributed by atoms with van der Waals surface area (Å²) >= 11 is 0. The van der Waals surface area contributed by atoms with Crippen molar-refractivity contribution in [2.45, 2.75) is 51.4 Å². The van der Waals surface area contributed by atoms with E-state index in [1.54, 1.807) is 19.9 Å². The molecule has 0 radical (unpaired) electrons. The second-order valence-corrected chi connectivity index (χ2v) is 5.38. The third-order valence-electron chi connectivity index (χ3n) is 3.47. The molecule has 21 heavy (non-hydrogen) atoms. The van der Waals surface area contributed by atoms with Gasteiger partial charge in [-0.1, -0.05) is 25.5 Å². The second kappa shape index (κ2) is 6.47. The topological polar surface area (TPSA) is 49.3 Å². The van der Waals surface area contributed by atoms with Crippen molar-refractivity contribution in [3.05, 3.63) is 35.4 Å². The Hall–Kier alpha value is -1.56. The standard InChI is InChI=1S/C15H20F3NO2/c1-4-8-14(3,13(20)21)19-10(2)11-6-5-7-12(9-11)15(16,17)18/h5-7,9-10,19H,4,8H2,1-3H3,(H,20,21). The zero-order chi connectivity index (χ0) is 16.3. The van der Waals surface area contributed by atoms with E-state index in [1.807, 2.05) is 6.92 Å². The van der Waals surface area contributed by atoms with Crippen molar-refractivity contribution >= 4 is 5.97 Å². The number of rotatable bonds is 6. The Labute approximate surface area is 122 Å². The van der Waals surface area contributed by atoms with Gasteiger partial charge in [-0.25, -0.2) is 0 Å². The van der Waals surface area contributed by atoms with Crippen LogP contribution in [0.25, 0.3) is 0 Å². The van der Waals surface area contributed by atoms with Gasteiger partial charge in [-0.05, 0) is 38.0 Å². The van der Waals surface area contributed by atoms with Crippen molar-refractivity contribution in [2.75, 3.05) is 0 Å². The van der Waals surface area contributed by atoms with E-state index in [0.29, 0.717) is 18.4 Å². The molecule has 0 aliphatic carbocycles. The van der Waals surface area contributed by atoms with Crippen LogP contribution in [0, 0.1) is 0 Å². The van der Waals surface area contributed by atoms with Crippen molar-refractivity contribution in [2.24, 2.45) is 0 Å². The smallest absolute Gasteiger partial charge is 0.416 e. The predicted molar refractivity (Wildman–Crippen MR) is 73.9 cm³/mol. The molecule has 0 bridgehead atoms. The van der Waals surface area contributed by atoms with Gasteiger partial charge in [-0.15, -0.1) is 0 Å². The molecule has 1 rings (SSSR count). The lowest BCUT2D eigenvalue weighted by Crippen LogP contribution is -2.50. The fourth-order valence-electron chi connectivity index (χ4n) is 2.29. The fraction of sp³-hybridized carbons (Fsp3) is 0.533. The zero-order valence-corrected chi connectivity index (χ0v) is 12.3. The molecule has 2 unspecified atom stereocenters. The SMILES string of the molecule is CCCC(C)(NC(C)c1cccc(C(F)(F)F)c1)C(=O)O. The summed E-state index contributed by atoms with van der Waals surface area (Å²) in [4.78, 5) is 11.4. The molecule has 0 spiro atoms. The van der Waals surface area contributed by atoms with Gasteiger partial charge in [0.05, 0.1) is 5.56 Å². The zero-order valence-electron chi connectivity index (χ0n) is 12.3. The molecule has 6 heteroatoms. The summed E-state index contributed by atoms with van der Waals surface area (Å²) in [5.41, 5.74) is -1.49. The molecule has 2 N–H and O–H groups in total. The van der Waals surface area contributed by atoms with Gasteiger partial charge < -0.3 is 5.11 Å². The van der Waals surface area contributed by atoms with Crippen LogP contribution in [0.4, 0.5) is 13.2 Å². The predicted octanol–water partition coefficient (Wildman–Crippen LogP) is 4.00. The molecule has 0 aliphatic rings. The largest absolute Gasteiger partial charge is 0.480 e. The maximum absolute atomic E-state index is 12.7. The highest BCUT2D eigenvalue weighted by Gasteiger charge is 2.34. The maximum Gasteiger partial charge on any atom is 0.416 e. The highest BCUT2D eigenvalue weighted by atomic mass is 19.4. The van der Waals surface area contributed by atoms with E-state index >= 15 is 0 Å². The third kappa shape index (κ3) is 4.46. The molecule has 0 aliphatic heterocycles. The molecule has 3 nitrogen and oxygen atoms in total. The molecular weight excluding hydrogens is 283 g/mol. The Morgan fingerprint density at radius 1 is 1.38 bits per heavy atom. The lowest BCUT2D eigenvalue weighted by molar-refractivity contribution is -0.145. The summed E-state index contributed by atoms with van der Waals surface area (Å²) in [5, 5.41) is 12.2. The van der Waals surface area contributed by atoms with E-state index < -0.39 is 29.3 Å². The normalized spacial score (nSPS) is 16.3. The number of alkyl halides is 3. The van der Waals surface area contributed by atoms with Crippen molar-refractivity contribution < 1.29 is 23.1 Å². The van der Waals surface area contributed by atoms with Crippen molar-refractivity contribution in [3.63, 3.8) is 0 Å². The first-order chi connectivity index (χ1) is 9.60. The van der Waals surface area contributed by atoms with Gasteiger partial charge in [0.2, 0.25) is 0 Å². The van der Waals surface area contributed by atoms with Gasteiger partial charge in [-0.2, -0.15) is 13.2 Å². The Balaban J connectivity index is 2.98. The van der Waals surface area contributed by atoms with Crippen LogP contribution in [0.2, 0.25) is 0 Å². The van der Waals surface area contributed by atoms with Gasteiger partial charge in [-0.3, -0.25) is 10.1 Å². The lowest BCUT2D eigenvalue weighted by Gasteiger charge is -2.30. The number of aliphatic carboxylic acids is 1. The van der Waals surface area contributed by atoms with E-state index in [2.05, 4.69) is 5.32 Å². The average Bonchev–Trinajstić information content (AvgIpc) is 2.38. The van der Waals surface area contributed by atoms with E-state index in [9.17, 15) is 23.1 Å². The number of carbonyl (C=O) groups is 1. The van der Waals surface area contributed by atoms with E-state index in [-0.39, 0.29) is 0 Å². The summed E-state index contributed by atoms with van der Waals surface area (Å²) in [5.74, 6) is -1.01. The van der Waals surface area contributed by atoms with Crippen molar-refractivity contribution in [1.82, 2.24) is 5.32 Å². The molecule has 1 aromatic rings. The Bertz CT molecular complexity index is 502. The molecule has 0 saturated carbocycles. The van der Waals surface area contributed by atoms with E-state index in [1.165, 1.54) is 6.07 Å². The molecule has 0 heterocycles. The number of carboxylic acids is 1. The van der Waals surface area contributed by atoms with Crippen LogP contribution in [0.3, 0.4) is 0 Å². The van der Waals surface area contributed by atoms with Crippen LogP contribution in [-0.4, -0.2) is 16.6 Å². The number of benzene rings is 1. The van der Waals surface area contributed by atoms with Crippen LogP contribution in [0.1, 0.15) is 50.8 Å². The third-order valence-corrected chi connectivity index (χ3v) is 3.47. The molecular formula is C15H20F3NO2. The summed E-state index contributed by atoms with van der Waals surface area (Å²) in [6.45, 7) is 5.06. The molecule has 0 aromatic heterocycles. The van der Waals surface area contributed by atoms with Crippen LogP contribution in [-0.2, 0) is 11.0 Å². The number of nitrogens with one attached hydrogen (secondary N) is 1. The van der Waals surface area contributed by atoms with Gasteiger partial charge in [0, 0.05) is 6.04 Å². The van der Waals surface area contributed by atoms with E-state index in [4.69, 9.17) is 0 Å². The highest BCUT2D eigenvalue weighted by molar-refractivity contribution is 5.78. The minimum absolute atomic E-state index is 0.394. The molecule has 0 saturated heterocycles. The second-order valence-electron chi connectivity index (χ2n) is 5.38. The maximum atomic E-state index is 12.7. The summed E-state index contributed by atoms with van der Waals surface area (Å²) in [6, 6.07) is 4.43. The monoisotopic (exact) mass is 303 g/mol. The van der Waals surface area contributed by atoms with E-state index in [0.717, 1.165) is 12.1 Å². The fourth-order valence-corrected chi connectivity index (χ4v) is 2.29. The minimum atomic E-state index is -4.41. The van der Waals surface area contributed by atoms with Gasteiger partial charge in [0.25, 0.3) is 0 Å². The Kier molecular flexibility index (Phi) is 5.39. The number of hydrogen-bond acceptors (Lipinski definition) is 2. The first kappa shape index (κ1) is 17.5. The van der Waals surface area contributed by atoms with Crippen LogP contribution in [0.5, 0.6) is 0 Å². The average molecular weight is 303 g/mol. The molecule has 0 fully saturated rings. The Morgan fingerprint density at radius 2 is 2.00 bits per heavy atom. The van der Waals surface area contributed by atoms with Gasteiger partial charge in [0.1, 0.15) is 5.54 Å². The quantitative estimate of drug-likeness (QED) is 0.835. The number of hydrogen-bond donors (Lipinski definition) is 2. The number of halogens is 3. The molecule has 1 aromatic carbocycles. The minimum Gasteiger partial charge on any atom is -0.480 e. The van der Waals surface area contributed by atoms with Gasteiger partial charge in [0.15, 0.2) is 0 Å². The van der Waals surface area contributed by atoms with Crippen molar-refractivity contribution in [3.8, 4) is 0 Å². The Morgan fingerprint density at radius 3 is 2.48 bits per heavy atom. The molecule has 118 valence electrons. The number of carboxylic acid groups (broad SMARTS) is 1. The molecule has 0 amide bonds. The molecule has 2 atom stereocenters. The first-order valence-electron chi connectivity index (χ1n) is 6.78. The highest BCUT2D eigenvalue weighted by Crippen LogP contribution is 2.31. The summed E-state index contributed by atoms with van der Waals surface area (Å²) < 4.78 is 38.1. The lowest BCUT2D eigenvalue weighted by atomic mass is 9.93. The van der Waals surface area contributed by atoms with Crippen LogP contribution >= 0.6 is 0 Å². The summed E-state index contributed by atoms with van der Waals surface area (Å²) in [7, 11) is 0. The van der Waals surface area contributed by atoms with Crippen LogP contribution < -0.4 is 5.32 Å². The summed E-state index contributed by atoms with van der Waals surface area (Å²) in [6.07, 6.45) is -3.36.